The van der Waals surface area contributed by atoms with E-state index >= 15 is 0 Å². The van der Waals surface area contributed by atoms with E-state index in [1.807, 2.05) is 55.5 Å². The number of anilines is 1. The molecule has 0 atom stereocenters. The predicted molar refractivity (Wildman–Crippen MR) is 124 cm³/mol. The van der Waals surface area contributed by atoms with E-state index in [0.717, 1.165) is 22.3 Å². The molecular formula is C25H26N2O2. The zero-order chi connectivity index (χ0) is 21.2. The number of urea groups is 1. The predicted octanol–water partition coefficient (Wildman–Crippen LogP) is 6.02. The standard InChI is InChI=1S/C25H26N2O2/c1-5-7-11-18(3)22-12-8-9-13-24(22)27-25(29)26-17-19(4)23-16-21(28)15-14-20(23)10-6-2/h5-16,28H,1,3-4,17H2,2H3,(H2,26,27,29)/b10-6-,11-7-. The number of para-hydroxylation sites is 1. The Kier molecular flexibility index (Phi) is 7.80. The molecule has 29 heavy (non-hydrogen) atoms. The van der Waals surface area contributed by atoms with Gasteiger partial charge in [0.1, 0.15) is 5.75 Å². The Morgan fingerprint density at radius 2 is 1.90 bits per heavy atom. The number of carbonyl (C=O) groups is 1. The van der Waals surface area contributed by atoms with Crippen LogP contribution in [-0.2, 0) is 0 Å². The molecule has 2 aromatic rings. The van der Waals surface area contributed by atoms with Gasteiger partial charge in [-0.15, -0.1) is 0 Å². The fourth-order valence-corrected chi connectivity index (χ4v) is 2.77. The summed E-state index contributed by atoms with van der Waals surface area (Å²) in [5, 5.41) is 15.4. The molecule has 2 aromatic carbocycles. The Balaban J connectivity index is 2.07. The van der Waals surface area contributed by atoms with Crippen molar-refractivity contribution < 1.29 is 9.90 Å². The fourth-order valence-electron chi connectivity index (χ4n) is 2.77. The molecule has 4 nitrogen and oxygen atoms in total. The van der Waals surface area contributed by atoms with E-state index in [2.05, 4.69) is 30.4 Å². The van der Waals surface area contributed by atoms with Crippen LogP contribution in [0.15, 0.2) is 86.5 Å². The van der Waals surface area contributed by atoms with E-state index < -0.39 is 0 Å². The number of phenols is 1. The first-order chi connectivity index (χ1) is 14.0. The maximum atomic E-state index is 12.4. The average molecular weight is 386 g/mol. The van der Waals surface area contributed by atoms with Crippen molar-refractivity contribution in [2.24, 2.45) is 0 Å². The van der Waals surface area contributed by atoms with E-state index in [4.69, 9.17) is 0 Å². The summed E-state index contributed by atoms with van der Waals surface area (Å²) < 4.78 is 0. The lowest BCUT2D eigenvalue weighted by molar-refractivity contribution is 0.253. The molecule has 0 unspecified atom stereocenters. The summed E-state index contributed by atoms with van der Waals surface area (Å²) >= 11 is 0. The lowest BCUT2D eigenvalue weighted by atomic mass is 10.00. The molecule has 0 bridgehead atoms. The van der Waals surface area contributed by atoms with E-state index in [9.17, 15) is 9.90 Å². The molecular weight excluding hydrogens is 360 g/mol. The lowest BCUT2D eigenvalue weighted by Crippen LogP contribution is -2.30. The van der Waals surface area contributed by atoms with Gasteiger partial charge in [-0.3, -0.25) is 0 Å². The Labute approximate surface area is 172 Å². The van der Waals surface area contributed by atoms with Crippen LogP contribution >= 0.6 is 0 Å². The van der Waals surface area contributed by atoms with Crippen molar-refractivity contribution in [3.8, 4) is 5.75 Å². The highest BCUT2D eigenvalue weighted by Crippen LogP contribution is 2.25. The van der Waals surface area contributed by atoms with Crippen molar-refractivity contribution in [2.75, 3.05) is 11.9 Å². The minimum atomic E-state index is -0.355. The SMILES string of the molecule is C=C/C=C\C(=C)c1ccccc1NC(=O)NCC(=C)c1cc(O)ccc1/C=C\C. The van der Waals surface area contributed by atoms with Crippen LogP contribution in [0.2, 0.25) is 0 Å². The van der Waals surface area contributed by atoms with Gasteiger partial charge in [-0.05, 0) is 47.4 Å². The molecule has 2 amide bonds. The van der Waals surface area contributed by atoms with Crippen molar-refractivity contribution in [1.82, 2.24) is 5.32 Å². The molecule has 0 radical (unpaired) electrons. The van der Waals surface area contributed by atoms with Gasteiger partial charge in [-0.1, -0.05) is 74.4 Å². The molecule has 0 saturated carbocycles. The number of rotatable bonds is 8. The molecule has 3 N–H and O–H groups in total. The van der Waals surface area contributed by atoms with Crippen molar-refractivity contribution >= 4 is 28.9 Å². The van der Waals surface area contributed by atoms with Crippen molar-refractivity contribution in [2.45, 2.75) is 6.92 Å². The Hall–Kier alpha value is -3.79. The first-order valence-electron chi connectivity index (χ1n) is 9.22. The minimum Gasteiger partial charge on any atom is -0.508 e. The minimum absolute atomic E-state index is 0.152. The Morgan fingerprint density at radius 1 is 1.14 bits per heavy atom. The van der Waals surface area contributed by atoms with Crippen LogP contribution in [0.25, 0.3) is 17.2 Å². The number of hydrogen-bond donors (Lipinski definition) is 3. The highest BCUT2D eigenvalue weighted by molar-refractivity contribution is 5.94. The third-order valence-electron chi connectivity index (χ3n) is 4.18. The largest absolute Gasteiger partial charge is 0.508 e. The van der Waals surface area contributed by atoms with Crippen LogP contribution in [0.1, 0.15) is 23.6 Å². The van der Waals surface area contributed by atoms with Crippen LogP contribution in [-0.4, -0.2) is 17.7 Å². The molecule has 0 fully saturated rings. The number of nitrogens with one attached hydrogen (secondary N) is 2. The van der Waals surface area contributed by atoms with Crippen molar-refractivity contribution in [3.63, 3.8) is 0 Å². The monoisotopic (exact) mass is 386 g/mol. The quantitative estimate of drug-likeness (QED) is 0.486. The van der Waals surface area contributed by atoms with Gasteiger partial charge in [0, 0.05) is 12.1 Å². The Bertz CT molecular complexity index is 984. The third kappa shape index (κ3) is 6.11. The molecule has 0 heterocycles. The number of carbonyl (C=O) groups excluding carboxylic acids is 1. The van der Waals surface area contributed by atoms with Crippen LogP contribution in [0.5, 0.6) is 5.75 Å². The van der Waals surface area contributed by atoms with E-state index in [1.165, 1.54) is 0 Å². The van der Waals surface area contributed by atoms with Crippen molar-refractivity contribution in [3.05, 3.63) is 103 Å². The zero-order valence-electron chi connectivity index (χ0n) is 16.6. The van der Waals surface area contributed by atoms with Gasteiger partial charge in [0.05, 0.1) is 5.69 Å². The Morgan fingerprint density at radius 3 is 2.62 bits per heavy atom. The number of hydrogen-bond acceptors (Lipinski definition) is 2. The van der Waals surface area contributed by atoms with E-state index in [0.29, 0.717) is 11.3 Å². The summed E-state index contributed by atoms with van der Waals surface area (Å²) in [5.41, 5.74) is 4.64. The smallest absolute Gasteiger partial charge is 0.319 e. The number of aromatic hydroxyl groups is 1. The summed E-state index contributed by atoms with van der Waals surface area (Å²) in [4.78, 5) is 12.4. The molecule has 0 spiro atoms. The lowest BCUT2D eigenvalue weighted by Gasteiger charge is -2.14. The molecule has 4 heteroatoms. The van der Waals surface area contributed by atoms with Gasteiger partial charge in [0.2, 0.25) is 0 Å². The molecule has 0 aliphatic carbocycles. The second-order valence-electron chi connectivity index (χ2n) is 6.35. The van der Waals surface area contributed by atoms with Crippen LogP contribution in [0.4, 0.5) is 10.5 Å². The summed E-state index contributed by atoms with van der Waals surface area (Å²) in [5.74, 6) is 0.152. The van der Waals surface area contributed by atoms with Gasteiger partial charge in [0.25, 0.3) is 0 Å². The van der Waals surface area contributed by atoms with Gasteiger partial charge < -0.3 is 15.7 Å². The van der Waals surface area contributed by atoms with Crippen LogP contribution in [0, 0.1) is 0 Å². The first kappa shape index (κ1) is 21.5. The second-order valence-corrected chi connectivity index (χ2v) is 6.35. The maximum Gasteiger partial charge on any atom is 0.319 e. The van der Waals surface area contributed by atoms with Gasteiger partial charge in [-0.25, -0.2) is 4.79 Å². The molecule has 148 valence electrons. The normalized spacial score (nSPS) is 10.8. The third-order valence-corrected chi connectivity index (χ3v) is 4.18. The highest BCUT2D eigenvalue weighted by atomic mass is 16.3. The van der Waals surface area contributed by atoms with Crippen LogP contribution in [0.3, 0.4) is 0 Å². The molecule has 0 aliphatic heterocycles. The summed E-state index contributed by atoms with van der Waals surface area (Å²) in [6.45, 7) is 13.9. The number of benzene rings is 2. The molecule has 0 aliphatic rings. The first-order valence-corrected chi connectivity index (χ1v) is 9.22. The van der Waals surface area contributed by atoms with Crippen molar-refractivity contribution in [1.29, 1.82) is 0 Å². The average Bonchev–Trinajstić information content (AvgIpc) is 2.72. The van der Waals surface area contributed by atoms with Gasteiger partial charge in [-0.2, -0.15) is 0 Å². The zero-order valence-corrected chi connectivity index (χ0v) is 16.6. The highest BCUT2D eigenvalue weighted by Gasteiger charge is 2.10. The number of phenolic OH excluding ortho intramolecular Hbond substituents is 1. The second kappa shape index (κ2) is 10.5. The van der Waals surface area contributed by atoms with Gasteiger partial charge >= 0.3 is 6.03 Å². The topological polar surface area (TPSA) is 61.4 Å². The summed E-state index contributed by atoms with van der Waals surface area (Å²) in [7, 11) is 0. The fraction of sp³-hybridized carbons (Fsp3) is 0.0800. The van der Waals surface area contributed by atoms with E-state index in [-0.39, 0.29) is 18.3 Å². The van der Waals surface area contributed by atoms with Gasteiger partial charge in [0.15, 0.2) is 0 Å². The molecule has 2 rings (SSSR count). The number of amides is 2. The maximum absolute atomic E-state index is 12.4. The van der Waals surface area contributed by atoms with Crippen LogP contribution < -0.4 is 10.6 Å². The molecule has 0 aromatic heterocycles. The number of allylic oxidation sites excluding steroid dienone is 5. The molecule has 0 saturated heterocycles. The summed E-state index contributed by atoms with van der Waals surface area (Å²) in [6, 6.07) is 12.2. The summed E-state index contributed by atoms with van der Waals surface area (Å²) in [6.07, 6.45) is 9.13. The van der Waals surface area contributed by atoms with E-state index in [1.54, 1.807) is 24.3 Å².